The summed E-state index contributed by atoms with van der Waals surface area (Å²) in [6.45, 7) is 13.4. The summed E-state index contributed by atoms with van der Waals surface area (Å²) in [5.41, 5.74) is -1.84. The number of Topliss-reactive ketones (excluding diaryl/α,β-unsaturated/α-hetero) is 2. The summed E-state index contributed by atoms with van der Waals surface area (Å²) in [4.78, 5) is 40.8. The van der Waals surface area contributed by atoms with E-state index in [0.29, 0.717) is 19.3 Å². The van der Waals surface area contributed by atoms with Gasteiger partial charge in [-0.25, -0.2) is 0 Å². The number of hydrogen-bond acceptors (Lipinski definition) is 4. The number of rotatable bonds is 2. The molecule has 0 bridgehead atoms. The van der Waals surface area contributed by atoms with Crippen molar-refractivity contribution in [3.8, 4) is 6.07 Å². The number of allylic oxidation sites excluding steroid dienone is 2. The summed E-state index contributed by atoms with van der Waals surface area (Å²) in [5, 5.41) is 12.0. The molecule has 0 spiro atoms. The number of hydrogen-bond donors (Lipinski definition) is 1. The molecule has 5 aliphatic rings. The van der Waals surface area contributed by atoms with Crippen molar-refractivity contribution < 1.29 is 27.6 Å². The van der Waals surface area contributed by atoms with Gasteiger partial charge < -0.3 is 5.32 Å². The lowest BCUT2D eigenvalue weighted by Gasteiger charge is -2.71. The quantitative estimate of drug-likeness (QED) is 0.392. The molecule has 8 heteroatoms. The molecule has 0 aromatic rings. The van der Waals surface area contributed by atoms with Crippen molar-refractivity contribution in [3.63, 3.8) is 0 Å². The zero-order chi connectivity index (χ0) is 30.6. The van der Waals surface area contributed by atoms with E-state index in [-0.39, 0.29) is 63.0 Å². The van der Waals surface area contributed by atoms with Gasteiger partial charge in [-0.15, -0.1) is 0 Å². The minimum Gasteiger partial charge on any atom is -0.347 e. The lowest BCUT2D eigenvalue weighted by Crippen LogP contribution is -2.68. The predicted molar refractivity (Wildman–Crippen MR) is 148 cm³/mol. The van der Waals surface area contributed by atoms with Gasteiger partial charge >= 0.3 is 6.18 Å². The lowest BCUT2D eigenvalue weighted by molar-refractivity contribution is -0.214. The first-order valence-electron chi connectivity index (χ1n) is 15.3. The summed E-state index contributed by atoms with van der Waals surface area (Å²) < 4.78 is 38.9. The van der Waals surface area contributed by atoms with Crippen molar-refractivity contribution in [3.05, 3.63) is 11.6 Å². The fraction of sp³-hybridized carbons (Fsp3) is 0.818. The van der Waals surface area contributed by atoms with E-state index in [1.165, 1.54) is 0 Å². The standard InChI is InChI=1S/C33H45F3N2O3/c1-28(2)14-20-19(21(15-28)27(41)38-17-33(34,35)36)8-10-32(7)25(20)22(39)12-24-30(5)13-18(16-37)26(40)29(3,4)23(30)9-11-31(24,32)6/h13,19-21,23-25H,8-12,14-15,17H2,1-7H3,(H,38,41)/t19-,20-,21+,23-,24+,25-,30-,31+,32+/m0/s1. The molecule has 41 heavy (non-hydrogen) atoms. The molecule has 0 aromatic heterocycles. The van der Waals surface area contributed by atoms with E-state index in [4.69, 9.17) is 0 Å². The van der Waals surface area contributed by atoms with E-state index in [1.54, 1.807) is 0 Å². The molecule has 0 saturated heterocycles. The number of carbonyl (C=O) groups excluding carboxylic acids is 3. The summed E-state index contributed by atoms with van der Waals surface area (Å²) in [7, 11) is 0. The highest BCUT2D eigenvalue weighted by molar-refractivity contribution is 6.04. The SMILES string of the molecule is CC1(C)C[C@H]2[C@H](CC[C@]3(C)[C@@H]2C(=O)C[C@@H]2[C@@]4(C)C=C(C#N)C(=O)C(C)(C)[C@@H]4CC[C@]23C)[C@H](C(=O)NCC(F)(F)F)C1. The normalized spacial score (nSPS) is 44.8. The Hall–Kier alpha value is -2.17. The number of amides is 1. The van der Waals surface area contributed by atoms with Gasteiger partial charge in [0, 0.05) is 23.7 Å². The fourth-order valence-electron chi connectivity index (χ4n) is 11.3. The fourth-order valence-corrected chi connectivity index (χ4v) is 11.3. The van der Waals surface area contributed by atoms with Gasteiger partial charge in [0.05, 0.1) is 5.57 Å². The van der Waals surface area contributed by atoms with Crippen molar-refractivity contribution >= 4 is 17.5 Å². The van der Waals surface area contributed by atoms with Crippen LogP contribution in [0.15, 0.2) is 11.6 Å². The maximum atomic E-state index is 14.4. The molecule has 0 unspecified atom stereocenters. The van der Waals surface area contributed by atoms with Crippen molar-refractivity contribution in [2.75, 3.05) is 6.54 Å². The van der Waals surface area contributed by atoms with Crippen LogP contribution in [0.2, 0.25) is 0 Å². The number of ketones is 2. The number of carbonyl (C=O) groups is 3. The second-order valence-electron chi connectivity index (χ2n) is 16.1. The Bertz CT molecular complexity index is 1240. The molecule has 1 amide bonds. The smallest absolute Gasteiger partial charge is 0.347 e. The van der Waals surface area contributed by atoms with Gasteiger partial charge in [0.25, 0.3) is 0 Å². The van der Waals surface area contributed by atoms with E-state index < -0.39 is 35.4 Å². The Morgan fingerprint density at radius 3 is 2.22 bits per heavy atom. The Morgan fingerprint density at radius 1 is 0.976 bits per heavy atom. The Kier molecular flexibility index (Phi) is 6.77. The molecule has 9 atom stereocenters. The first kappa shape index (κ1) is 30.3. The summed E-state index contributed by atoms with van der Waals surface area (Å²) >= 11 is 0. The molecule has 4 fully saturated rings. The van der Waals surface area contributed by atoms with Crippen LogP contribution in [0, 0.1) is 73.9 Å². The first-order valence-corrected chi connectivity index (χ1v) is 15.3. The summed E-state index contributed by atoms with van der Waals surface area (Å²) in [5.74, 6) is -1.48. The number of halogens is 3. The molecule has 5 aliphatic carbocycles. The highest BCUT2D eigenvalue weighted by atomic mass is 19.4. The predicted octanol–water partition coefficient (Wildman–Crippen LogP) is 6.82. The molecule has 4 saturated carbocycles. The summed E-state index contributed by atoms with van der Waals surface area (Å²) in [6.07, 6.45) is 2.21. The number of fused-ring (bicyclic) bond motifs is 7. The first-order chi connectivity index (χ1) is 18.7. The van der Waals surface area contributed by atoms with Crippen LogP contribution < -0.4 is 5.32 Å². The van der Waals surface area contributed by atoms with Gasteiger partial charge in [0.15, 0.2) is 5.78 Å². The highest BCUT2D eigenvalue weighted by Crippen LogP contribution is 2.74. The second kappa shape index (κ2) is 9.16. The molecule has 226 valence electrons. The number of nitriles is 1. The third-order valence-corrected chi connectivity index (χ3v) is 13.1. The molecule has 0 aliphatic heterocycles. The molecular formula is C33H45F3N2O3. The van der Waals surface area contributed by atoms with Crippen molar-refractivity contribution in [1.29, 1.82) is 5.26 Å². The third kappa shape index (κ3) is 4.34. The zero-order valence-electron chi connectivity index (χ0n) is 25.5. The van der Waals surface area contributed by atoms with Crippen molar-refractivity contribution in [2.45, 2.75) is 99.6 Å². The minimum absolute atomic E-state index is 0.0253. The average molecular weight is 575 g/mol. The van der Waals surface area contributed by atoms with Crippen LogP contribution in [0.4, 0.5) is 13.2 Å². The van der Waals surface area contributed by atoms with Crippen LogP contribution in [-0.4, -0.2) is 30.2 Å². The van der Waals surface area contributed by atoms with E-state index in [0.717, 1.165) is 25.7 Å². The van der Waals surface area contributed by atoms with E-state index in [1.807, 2.05) is 19.9 Å². The van der Waals surface area contributed by atoms with Crippen LogP contribution >= 0.6 is 0 Å². The molecule has 1 N–H and O–H groups in total. The molecule has 0 aromatic carbocycles. The maximum Gasteiger partial charge on any atom is 0.405 e. The van der Waals surface area contributed by atoms with Crippen LogP contribution in [0.3, 0.4) is 0 Å². The van der Waals surface area contributed by atoms with Gasteiger partial charge in [0.1, 0.15) is 18.4 Å². The van der Waals surface area contributed by atoms with Crippen LogP contribution in [0.25, 0.3) is 0 Å². The average Bonchev–Trinajstić information content (AvgIpc) is 2.84. The van der Waals surface area contributed by atoms with Crippen LogP contribution in [0.1, 0.15) is 93.4 Å². The third-order valence-electron chi connectivity index (χ3n) is 13.1. The topological polar surface area (TPSA) is 87.0 Å². The maximum absolute atomic E-state index is 14.4. The molecule has 0 heterocycles. The molecule has 0 radical (unpaired) electrons. The zero-order valence-corrected chi connectivity index (χ0v) is 25.5. The number of alkyl halides is 3. The molecule has 5 nitrogen and oxygen atoms in total. The number of nitrogens with zero attached hydrogens (tertiary/aromatic N) is 1. The Morgan fingerprint density at radius 2 is 1.61 bits per heavy atom. The molecular weight excluding hydrogens is 529 g/mol. The van der Waals surface area contributed by atoms with Crippen molar-refractivity contribution in [1.82, 2.24) is 5.32 Å². The highest BCUT2D eigenvalue weighted by Gasteiger charge is 2.71. The monoisotopic (exact) mass is 574 g/mol. The van der Waals surface area contributed by atoms with Gasteiger partial charge in [-0.2, -0.15) is 18.4 Å². The van der Waals surface area contributed by atoms with E-state index >= 15 is 0 Å². The van der Waals surface area contributed by atoms with Gasteiger partial charge in [-0.3, -0.25) is 14.4 Å². The number of nitrogens with one attached hydrogen (secondary N) is 1. The van der Waals surface area contributed by atoms with Crippen molar-refractivity contribution in [2.24, 2.45) is 62.6 Å². The Labute approximate surface area is 242 Å². The van der Waals surface area contributed by atoms with Crippen LogP contribution in [-0.2, 0) is 14.4 Å². The van der Waals surface area contributed by atoms with Gasteiger partial charge in [-0.05, 0) is 83.9 Å². The van der Waals surface area contributed by atoms with E-state index in [2.05, 4.69) is 46.0 Å². The second-order valence-corrected chi connectivity index (χ2v) is 16.1. The van der Waals surface area contributed by atoms with Crippen LogP contribution in [0.5, 0.6) is 0 Å². The van der Waals surface area contributed by atoms with Gasteiger partial charge in [-0.1, -0.05) is 54.5 Å². The Balaban J connectivity index is 1.53. The molecule has 5 rings (SSSR count). The van der Waals surface area contributed by atoms with Gasteiger partial charge in [0.2, 0.25) is 5.91 Å². The lowest BCUT2D eigenvalue weighted by atomic mass is 9.32. The minimum atomic E-state index is -4.47. The largest absolute Gasteiger partial charge is 0.405 e. The van der Waals surface area contributed by atoms with E-state index in [9.17, 15) is 32.8 Å². The summed E-state index contributed by atoms with van der Waals surface area (Å²) in [6, 6.07) is 2.15.